The summed E-state index contributed by atoms with van der Waals surface area (Å²) in [4.78, 5) is 0. The van der Waals surface area contributed by atoms with Gasteiger partial charge < -0.3 is 0 Å². The fourth-order valence-corrected chi connectivity index (χ4v) is 3.58. The van der Waals surface area contributed by atoms with Crippen molar-refractivity contribution in [1.82, 2.24) is 0 Å². The number of hydrogen-bond donors (Lipinski definition) is 0. The van der Waals surface area contributed by atoms with Gasteiger partial charge in [0, 0.05) is 10.5 Å². The summed E-state index contributed by atoms with van der Waals surface area (Å²) >= 11 is 2.17. The molecule has 0 amide bonds. The second kappa shape index (κ2) is 5.74. The highest BCUT2D eigenvalue weighted by atomic mass is 32.2. The second-order valence-electron chi connectivity index (χ2n) is 4.35. The summed E-state index contributed by atoms with van der Waals surface area (Å²) in [5.74, 6) is 0. The maximum Gasteiger partial charge on any atom is 0.0203 e. The molecule has 0 aromatic carbocycles. The van der Waals surface area contributed by atoms with Crippen LogP contribution in [0.15, 0.2) is 11.6 Å². The van der Waals surface area contributed by atoms with Crippen LogP contribution in [-0.4, -0.2) is 10.5 Å². The van der Waals surface area contributed by atoms with E-state index in [2.05, 4.69) is 38.6 Å². The highest BCUT2D eigenvalue weighted by Gasteiger charge is 2.15. The van der Waals surface area contributed by atoms with Gasteiger partial charge >= 0.3 is 0 Å². The van der Waals surface area contributed by atoms with Crippen LogP contribution >= 0.6 is 11.8 Å². The van der Waals surface area contributed by atoms with Gasteiger partial charge in [0.05, 0.1) is 0 Å². The topological polar surface area (TPSA) is 0 Å². The zero-order valence-corrected chi connectivity index (χ0v) is 9.99. The van der Waals surface area contributed by atoms with Crippen LogP contribution in [0, 0.1) is 0 Å². The Labute approximate surface area is 87.2 Å². The monoisotopic (exact) mass is 198 g/mol. The van der Waals surface area contributed by atoms with E-state index in [0.717, 1.165) is 5.25 Å². The maximum absolute atomic E-state index is 2.39. The Morgan fingerprint density at radius 1 is 1.23 bits per heavy atom. The fourth-order valence-electron chi connectivity index (χ4n) is 2.01. The highest BCUT2D eigenvalue weighted by molar-refractivity contribution is 8.00. The fraction of sp³-hybridized carbons (Fsp3) is 0.833. The quantitative estimate of drug-likeness (QED) is 0.605. The van der Waals surface area contributed by atoms with Crippen molar-refractivity contribution < 1.29 is 0 Å². The second-order valence-corrected chi connectivity index (χ2v) is 6.03. The first-order valence-corrected chi connectivity index (χ1v) is 6.43. The Hall–Kier alpha value is 0.0900. The molecule has 0 bridgehead atoms. The molecule has 0 aliphatic heterocycles. The van der Waals surface area contributed by atoms with E-state index in [-0.39, 0.29) is 0 Å². The van der Waals surface area contributed by atoms with Crippen molar-refractivity contribution >= 4 is 11.8 Å². The van der Waals surface area contributed by atoms with Crippen molar-refractivity contribution in [2.75, 3.05) is 0 Å². The van der Waals surface area contributed by atoms with Gasteiger partial charge in [-0.05, 0) is 33.6 Å². The molecular weight excluding hydrogens is 176 g/mol. The van der Waals surface area contributed by atoms with Crippen LogP contribution in [0.1, 0.15) is 52.9 Å². The van der Waals surface area contributed by atoms with Crippen LogP contribution in [0.25, 0.3) is 0 Å². The third kappa shape index (κ3) is 4.75. The van der Waals surface area contributed by atoms with Crippen molar-refractivity contribution in [3.05, 3.63) is 11.6 Å². The van der Waals surface area contributed by atoms with Crippen molar-refractivity contribution in [2.45, 2.75) is 63.4 Å². The number of hydrogen-bond acceptors (Lipinski definition) is 1. The summed E-state index contributed by atoms with van der Waals surface area (Å²) in [6.45, 7) is 6.71. The van der Waals surface area contributed by atoms with Gasteiger partial charge in [0.1, 0.15) is 0 Å². The molecule has 1 aliphatic carbocycles. The summed E-state index contributed by atoms with van der Waals surface area (Å²) < 4.78 is 0. The third-order valence-electron chi connectivity index (χ3n) is 2.53. The van der Waals surface area contributed by atoms with E-state index in [4.69, 9.17) is 0 Å². The Morgan fingerprint density at radius 3 is 2.38 bits per heavy atom. The third-order valence-corrected chi connectivity index (χ3v) is 3.95. The Morgan fingerprint density at radius 2 is 1.85 bits per heavy atom. The first kappa shape index (κ1) is 11.2. The molecule has 1 heteroatoms. The van der Waals surface area contributed by atoms with E-state index in [9.17, 15) is 0 Å². The Balaban J connectivity index is 2.26. The lowest BCUT2D eigenvalue weighted by Gasteiger charge is -2.23. The van der Waals surface area contributed by atoms with E-state index < -0.39 is 0 Å². The standard InChI is InChI=1S/C12H22S/c1-10(2)9-11(3)13-12-7-5-4-6-8-12/h9,11-12H,4-8H2,1-3H3. The van der Waals surface area contributed by atoms with Crippen LogP contribution in [-0.2, 0) is 0 Å². The van der Waals surface area contributed by atoms with Crippen molar-refractivity contribution in [2.24, 2.45) is 0 Å². The lowest BCUT2D eigenvalue weighted by Crippen LogP contribution is -2.11. The van der Waals surface area contributed by atoms with Gasteiger partial charge in [0.25, 0.3) is 0 Å². The van der Waals surface area contributed by atoms with Crippen molar-refractivity contribution in [3.8, 4) is 0 Å². The molecule has 0 saturated heterocycles. The summed E-state index contributed by atoms with van der Waals surface area (Å²) in [7, 11) is 0. The van der Waals surface area contributed by atoms with Gasteiger partial charge in [0.2, 0.25) is 0 Å². The summed E-state index contributed by atoms with van der Waals surface area (Å²) in [6.07, 6.45) is 9.67. The zero-order valence-electron chi connectivity index (χ0n) is 9.18. The summed E-state index contributed by atoms with van der Waals surface area (Å²) in [5, 5.41) is 1.66. The lowest BCUT2D eigenvalue weighted by atomic mass is 10.0. The molecule has 1 rings (SSSR count). The van der Waals surface area contributed by atoms with Gasteiger partial charge in [-0.1, -0.05) is 30.9 Å². The van der Waals surface area contributed by atoms with Crippen LogP contribution in [0.3, 0.4) is 0 Å². The molecule has 1 unspecified atom stereocenters. The van der Waals surface area contributed by atoms with Gasteiger partial charge in [-0.15, -0.1) is 0 Å². The first-order valence-electron chi connectivity index (χ1n) is 5.49. The zero-order chi connectivity index (χ0) is 9.68. The minimum absolute atomic E-state index is 0.716. The molecular formula is C12H22S. The molecule has 76 valence electrons. The van der Waals surface area contributed by atoms with Crippen LogP contribution in [0.2, 0.25) is 0 Å². The van der Waals surface area contributed by atoms with E-state index in [1.165, 1.54) is 37.7 Å². The number of thioether (sulfide) groups is 1. The molecule has 0 heterocycles. The van der Waals surface area contributed by atoms with Crippen molar-refractivity contribution in [1.29, 1.82) is 0 Å². The molecule has 0 radical (unpaired) electrons. The van der Waals surface area contributed by atoms with Gasteiger partial charge in [0.15, 0.2) is 0 Å². The molecule has 1 aliphatic rings. The van der Waals surface area contributed by atoms with Crippen LogP contribution in [0.4, 0.5) is 0 Å². The predicted molar refractivity (Wildman–Crippen MR) is 63.4 cm³/mol. The molecule has 1 fully saturated rings. The highest BCUT2D eigenvalue weighted by Crippen LogP contribution is 2.31. The summed E-state index contributed by atoms with van der Waals surface area (Å²) in [5.41, 5.74) is 1.45. The minimum atomic E-state index is 0.716. The van der Waals surface area contributed by atoms with Crippen LogP contribution < -0.4 is 0 Å². The van der Waals surface area contributed by atoms with E-state index in [0.29, 0.717) is 5.25 Å². The molecule has 0 nitrogen and oxygen atoms in total. The number of rotatable bonds is 3. The maximum atomic E-state index is 2.39. The van der Waals surface area contributed by atoms with Crippen LogP contribution in [0.5, 0.6) is 0 Å². The normalized spacial score (nSPS) is 21.2. The average molecular weight is 198 g/mol. The van der Waals surface area contributed by atoms with E-state index in [1.807, 2.05) is 0 Å². The Bertz CT molecular complexity index is 162. The minimum Gasteiger partial charge on any atom is -0.151 e. The van der Waals surface area contributed by atoms with Gasteiger partial charge in [-0.25, -0.2) is 0 Å². The molecule has 0 aromatic rings. The molecule has 1 atom stereocenters. The smallest absolute Gasteiger partial charge is 0.0203 e. The average Bonchev–Trinajstić information content (AvgIpc) is 2.04. The van der Waals surface area contributed by atoms with E-state index in [1.54, 1.807) is 0 Å². The largest absolute Gasteiger partial charge is 0.151 e. The molecule has 1 saturated carbocycles. The lowest BCUT2D eigenvalue weighted by molar-refractivity contribution is 0.515. The predicted octanol–water partition coefficient (Wildman–Crippen LogP) is 4.41. The van der Waals surface area contributed by atoms with Crippen molar-refractivity contribution in [3.63, 3.8) is 0 Å². The molecule has 0 aromatic heterocycles. The first-order chi connectivity index (χ1) is 6.18. The van der Waals surface area contributed by atoms with Gasteiger partial charge in [-0.2, -0.15) is 11.8 Å². The SMILES string of the molecule is CC(C)=CC(C)SC1CCCCC1. The number of allylic oxidation sites excluding steroid dienone is 1. The Kier molecular flexibility index (Phi) is 4.93. The molecule has 0 N–H and O–H groups in total. The molecule has 13 heavy (non-hydrogen) atoms. The van der Waals surface area contributed by atoms with Gasteiger partial charge in [-0.3, -0.25) is 0 Å². The molecule has 0 spiro atoms. The summed E-state index contributed by atoms with van der Waals surface area (Å²) in [6, 6.07) is 0. The van der Waals surface area contributed by atoms with E-state index >= 15 is 0 Å².